The maximum Gasteiger partial charge on any atom is 0.165 e. The molecule has 4 nitrogen and oxygen atoms in total. The van der Waals surface area contributed by atoms with Crippen molar-refractivity contribution in [3.63, 3.8) is 0 Å². The van der Waals surface area contributed by atoms with Crippen molar-refractivity contribution < 1.29 is 9.68 Å². The quantitative estimate of drug-likeness (QED) is 0.731. The van der Waals surface area contributed by atoms with Gasteiger partial charge in [-0.1, -0.05) is 46.7 Å². The predicted octanol–water partition coefficient (Wildman–Crippen LogP) is 4.16. The van der Waals surface area contributed by atoms with Crippen LogP contribution in [-0.2, 0) is 0 Å². The maximum atomic E-state index is 5.06. The second kappa shape index (κ2) is 7.04. The first kappa shape index (κ1) is 13.8. The first-order valence-electron chi connectivity index (χ1n) is 6.86. The van der Waals surface area contributed by atoms with Gasteiger partial charge in [0.2, 0.25) is 0 Å². The minimum Gasteiger partial charge on any atom is -0.356 e. The van der Waals surface area contributed by atoms with Crippen molar-refractivity contribution in [3.05, 3.63) is 71.8 Å². The zero-order valence-electron chi connectivity index (χ0n) is 11.8. The molecule has 0 radical (unpaired) electrons. The van der Waals surface area contributed by atoms with E-state index in [9.17, 15) is 0 Å². The van der Waals surface area contributed by atoms with Gasteiger partial charge in [-0.25, -0.2) is 0 Å². The smallest absolute Gasteiger partial charge is 0.165 e. The van der Waals surface area contributed by atoms with Crippen molar-refractivity contribution in [2.24, 2.45) is 10.3 Å². The lowest BCUT2D eigenvalue weighted by atomic mass is 10.2. The van der Waals surface area contributed by atoms with Gasteiger partial charge in [-0.2, -0.15) is 0 Å². The molecule has 0 spiro atoms. The molecule has 0 aliphatic carbocycles. The molecule has 2 aromatic carbocycles. The van der Waals surface area contributed by atoms with E-state index in [1.807, 2.05) is 72.8 Å². The summed E-state index contributed by atoms with van der Waals surface area (Å²) < 4.78 is 0. The molecule has 4 heteroatoms. The Balaban J connectivity index is 0.000000131. The summed E-state index contributed by atoms with van der Waals surface area (Å²) in [5, 5.41) is 7.40. The summed E-state index contributed by atoms with van der Waals surface area (Å²) in [4.78, 5) is 10.1. The Labute approximate surface area is 128 Å². The Morgan fingerprint density at radius 1 is 0.591 bits per heavy atom. The van der Waals surface area contributed by atoms with E-state index in [-0.39, 0.29) is 0 Å². The lowest BCUT2D eigenvalue weighted by Crippen LogP contribution is -1.82. The summed E-state index contributed by atoms with van der Waals surface area (Å²) in [6.07, 6.45) is 10.9. The van der Waals surface area contributed by atoms with Gasteiger partial charge in [0.1, 0.15) is 0 Å². The fourth-order valence-electron chi connectivity index (χ4n) is 1.94. The van der Waals surface area contributed by atoms with E-state index in [0.717, 1.165) is 22.6 Å². The number of benzene rings is 2. The molecule has 2 aromatic rings. The fraction of sp³-hybridized carbons (Fsp3) is 0. The Kier molecular flexibility index (Phi) is 4.42. The number of oxime groups is 2. The van der Waals surface area contributed by atoms with Crippen LogP contribution in [0.25, 0.3) is 12.2 Å². The van der Waals surface area contributed by atoms with Gasteiger partial charge < -0.3 is 9.68 Å². The van der Waals surface area contributed by atoms with Crippen molar-refractivity contribution in [1.82, 2.24) is 0 Å². The van der Waals surface area contributed by atoms with E-state index in [1.165, 1.54) is 0 Å². The third kappa shape index (κ3) is 3.49. The Morgan fingerprint density at radius 2 is 1.05 bits per heavy atom. The first-order valence-corrected chi connectivity index (χ1v) is 6.86. The van der Waals surface area contributed by atoms with Gasteiger partial charge in [0.25, 0.3) is 0 Å². The van der Waals surface area contributed by atoms with Gasteiger partial charge in [0, 0.05) is 11.1 Å². The molecule has 0 unspecified atom stereocenters. The molecule has 0 atom stereocenters. The Bertz CT molecular complexity index is 696. The third-order valence-corrected chi connectivity index (χ3v) is 2.99. The van der Waals surface area contributed by atoms with E-state index in [0.29, 0.717) is 0 Å². The molecular weight excluding hydrogens is 276 g/mol. The lowest BCUT2D eigenvalue weighted by molar-refractivity contribution is 0.344. The molecule has 22 heavy (non-hydrogen) atoms. The molecule has 2 heterocycles. The zero-order chi connectivity index (χ0) is 15.0. The normalized spacial score (nSPS) is 13.5. The van der Waals surface area contributed by atoms with Crippen LogP contribution >= 0.6 is 0 Å². The standard InChI is InChI=1S/2C9H7NO/c2*1-2-6-9-8(4-1)5-3-7-10-11-9/h2*1-7H. The van der Waals surface area contributed by atoms with Gasteiger partial charge in [-0.3, -0.25) is 0 Å². The summed E-state index contributed by atoms with van der Waals surface area (Å²) in [7, 11) is 0. The summed E-state index contributed by atoms with van der Waals surface area (Å²) >= 11 is 0. The van der Waals surface area contributed by atoms with Crippen LogP contribution in [0.4, 0.5) is 0 Å². The number of hydrogen-bond acceptors (Lipinski definition) is 4. The second-order valence-electron chi connectivity index (χ2n) is 4.49. The fourth-order valence-corrected chi connectivity index (χ4v) is 1.94. The molecule has 2 aliphatic rings. The lowest BCUT2D eigenvalue weighted by Gasteiger charge is -1.98. The summed E-state index contributed by atoms with van der Waals surface area (Å²) in [5.74, 6) is 1.61. The summed E-state index contributed by atoms with van der Waals surface area (Å²) in [5.41, 5.74) is 2.12. The molecule has 0 saturated heterocycles. The van der Waals surface area contributed by atoms with E-state index < -0.39 is 0 Å². The van der Waals surface area contributed by atoms with E-state index in [1.54, 1.807) is 12.4 Å². The molecule has 0 fully saturated rings. The van der Waals surface area contributed by atoms with E-state index in [2.05, 4.69) is 10.3 Å². The van der Waals surface area contributed by atoms with Crippen molar-refractivity contribution in [3.8, 4) is 11.5 Å². The van der Waals surface area contributed by atoms with Gasteiger partial charge in [0.15, 0.2) is 11.5 Å². The van der Waals surface area contributed by atoms with Crippen LogP contribution in [0.15, 0.2) is 71.0 Å². The number of nitrogens with zero attached hydrogens (tertiary/aromatic N) is 2. The number of fused-ring (bicyclic) bond motifs is 2. The van der Waals surface area contributed by atoms with Gasteiger partial charge in [0.05, 0.1) is 12.4 Å². The second-order valence-corrected chi connectivity index (χ2v) is 4.49. The van der Waals surface area contributed by atoms with Crippen molar-refractivity contribution >= 4 is 24.6 Å². The van der Waals surface area contributed by atoms with Crippen LogP contribution < -0.4 is 9.68 Å². The third-order valence-electron chi connectivity index (χ3n) is 2.99. The molecule has 0 saturated carbocycles. The molecule has 4 rings (SSSR count). The van der Waals surface area contributed by atoms with Crippen LogP contribution in [-0.4, -0.2) is 12.4 Å². The number of allylic oxidation sites excluding steroid dienone is 2. The molecule has 2 aliphatic heterocycles. The highest BCUT2D eigenvalue weighted by Crippen LogP contribution is 2.21. The Hall–Kier alpha value is -3.14. The number of hydrogen-bond donors (Lipinski definition) is 0. The topological polar surface area (TPSA) is 43.2 Å². The largest absolute Gasteiger partial charge is 0.356 e. The highest BCUT2D eigenvalue weighted by atomic mass is 16.6. The summed E-state index contributed by atoms with van der Waals surface area (Å²) in [6, 6.07) is 15.5. The molecule has 0 aromatic heterocycles. The van der Waals surface area contributed by atoms with Crippen LogP contribution in [0.1, 0.15) is 11.1 Å². The van der Waals surface area contributed by atoms with Crippen LogP contribution in [0.2, 0.25) is 0 Å². The molecule has 0 N–H and O–H groups in total. The van der Waals surface area contributed by atoms with Gasteiger partial charge >= 0.3 is 0 Å². The van der Waals surface area contributed by atoms with Gasteiger partial charge in [-0.05, 0) is 36.4 Å². The monoisotopic (exact) mass is 290 g/mol. The van der Waals surface area contributed by atoms with Gasteiger partial charge in [-0.15, -0.1) is 0 Å². The predicted molar refractivity (Wildman–Crippen MR) is 89.2 cm³/mol. The van der Waals surface area contributed by atoms with E-state index >= 15 is 0 Å². The molecule has 0 bridgehead atoms. The number of para-hydroxylation sites is 2. The van der Waals surface area contributed by atoms with Crippen molar-refractivity contribution in [1.29, 1.82) is 0 Å². The Morgan fingerprint density at radius 3 is 1.55 bits per heavy atom. The highest BCUT2D eigenvalue weighted by molar-refractivity contribution is 5.80. The molecule has 0 amide bonds. The maximum absolute atomic E-state index is 5.06. The average Bonchev–Trinajstić information content (AvgIpc) is 2.95. The van der Waals surface area contributed by atoms with Crippen LogP contribution in [0.5, 0.6) is 11.5 Å². The van der Waals surface area contributed by atoms with Crippen LogP contribution in [0.3, 0.4) is 0 Å². The summed E-state index contributed by atoms with van der Waals surface area (Å²) in [6.45, 7) is 0. The SMILES string of the molecule is C1=Cc2ccccc2ON=C1.C1=Cc2ccccc2ON=C1. The minimum atomic E-state index is 0.803. The van der Waals surface area contributed by atoms with E-state index in [4.69, 9.17) is 9.68 Å². The minimum absolute atomic E-state index is 0.803. The van der Waals surface area contributed by atoms with Crippen molar-refractivity contribution in [2.45, 2.75) is 0 Å². The number of rotatable bonds is 0. The van der Waals surface area contributed by atoms with Crippen molar-refractivity contribution in [2.75, 3.05) is 0 Å². The average molecular weight is 290 g/mol. The zero-order valence-corrected chi connectivity index (χ0v) is 11.8. The molecular formula is C18H14N2O2. The highest BCUT2D eigenvalue weighted by Gasteiger charge is 2.00. The molecule has 108 valence electrons. The van der Waals surface area contributed by atoms with Crippen LogP contribution in [0, 0.1) is 0 Å². The first-order chi connectivity index (χ1) is 10.9.